The van der Waals surface area contributed by atoms with Gasteiger partial charge >= 0.3 is 0 Å². The maximum Gasteiger partial charge on any atom is 0.250 e. The zero-order valence-corrected chi connectivity index (χ0v) is 13.5. The van der Waals surface area contributed by atoms with Gasteiger partial charge in [0.2, 0.25) is 10.0 Å². The van der Waals surface area contributed by atoms with E-state index < -0.39 is 10.0 Å². The average molecular weight is 324 g/mol. The van der Waals surface area contributed by atoms with Crippen LogP contribution in [0.2, 0.25) is 0 Å². The van der Waals surface area contributed by atoms with Gasteiger partial charge in [-0.25, -0.2) is 13.1 Å². The molecule has 0 saturated carbocycles. The SMILES string of the molecule is CSCCCCCNS(=O)(=O)c1ccc(CCO)s1. The number of unbranched alkanes of at least 4 members (excludes halogenated alkanes) is 2. The van der Waals surface area contributed by atoms with Crippen LogP contribution < -0.4 is 4.72 Å². The van der Waals surface area contributed by atoms with Gasteiger partial charge in [-0.1, -0.05) is 6.42 Å². The Morgan fingerprint density at radius 1 is 1.32 bits per heavy atom. The first-order valence-corrected chi connectivity index (χ1v) is 9.97. The highest BCUT2D eigenvalue weighted by molar-refractivity contribution is 7.98. The number of hydrogen-bond donors (Lipinski definition) is 2. The highest BCUT2D eigenvalue weighted by Crippen LogP contribution is 2.21. The molecule has 1 rings (SSSR count). The normalized spacial score (nSPS) is 11.9. The molecule has 110 valence electrons. The minimum absolute atomic E-state index is 0.0445. The third-order valence-corrected chi connectivity index (χ3v) is 6.37. The van der Waals surface area contributed by atoms with Crippen molar-refractivity contribution in [2.75, 3.05) is 25.2 Å². The Morgan fingerprint density at radius 3 is 2.79 bits per heavy atom. The number of thiophene rings is 1. The molecule has 0 unspecified atom stereocenters. The van der Waals surface area contributed by atoms with Crippen LogP contribution in [0, 0.1) is 0 Å². The number of sulfonamides is 1. The topological polar surface area (TPSA) is 66.4 Å². The molecule has 0 aliphatic rings. The van der Waals surface area contributed by atoms with Crippen molar-refractivity contribution in [2.45, 2.75) is 29.9 Å². The van der Waals surface area contributed by atoms with Crippen molar-refractivity contribution >= 4 is 33.1 Å². The first-order chi connectivity index (χ1) is 9.10. The van der Waals surface area contributed by atoms with Gasteiger partial charge in [0.1, 0.15) is 4.21 Å². The number of rotatable bonds is 10. The van der Waals surface area contributed by atoms with Gasteiger partial charge in [0, 0.05) is 24.4 Å². The van der Waals surface area contributed by atoms with E-state index in [0.717, 1.165) is 29.9 Å². The van der Waals surface area contributed by atoms with Gasteiger partial charge in [-0.2, -0.15) is 11.8 Å². The Labute approximate surface area is 123 Å². The Balaban J connectivity index is 2.38. The largest absolute Gasteiger partial charge is 0.396 e. The zero-order chi connectivity index (χ0) is 14.1. The number of aliphatic hydroxyl groups excluding tert-OH is 1. The second-order valence-corrected chi connectivity index (χ2v) is 8.29. The van der Waals surface area contributed by atoms with Crippen LogP contribution in [0.4, 0.5) is 0 Å². The number of aliphatic hydroxyl groups is 1. The first kappa shape index (κ1) is 17.0. The van der Waals surface area contributed by atoms with Crippen molar-refractivity contribution in [2.24, 2.45) is 0 Å². The summed E-state index contributed by atoms with van der Waals surface area (Å²) >= 11 is 3.03. The van der Waals surface area contributed by atoms with Crippen molar-refractivity contribution in [1.29, 1.82) is 0 Å². The molecule has 1 aromatic rings. The van der Waals surface area contributed by atoms with Crippen molar-refractivity contribution < 1.29 is 13.5 Å². The Bertz CT molecular complexity index is 457. The fourth-order valence-corrected chi connectivity index (χ4v) is 4.53. The predicted molar refractivity (Wildman–Crippen MR) is 82.5 cm³/mol. The monoisotopic (exact) mass is 323 g/mol. The van der Waals surface area contributed by atoms with E-state index in [2.05, 4.69) is 11.0 Å². The number of thioether (sulfide) groups is 1. The van der Waals surface area contributed by atoms with Crippen molar-refractivity contribution in [1.82, 2.24) is 4.72 Å². The van der Waals surface area contributed by atoms with Gasteiger partial charge in [0.15, 0.2) is 0 Å². The molecule has 2 N–H and O–H groups in total. The summed E-state index contributed by atoms with van der Waals surface area (Å²) in [5.74, 6) is 1.13. The summed E-state index contributed by atoms with van der Waals surface area (Å²) in [6.07, 6.45) is 5.62. The van der Waals surface area contributed by atoms with E-state index in [9.17, 15) is 8.42 Å². The summed E-state index contributed by atoms with van der Waals surface area (Å²) in [6, 6.07) is 3.36. The molecule has 0 fully saturated rings. The molecular weight excluding hydrogens is 302 g/mol. The van der Waals surface area contributed by atoms with Crippen molar-refractivity contribution in [3.63, 3.8) is 0 Å². The summed E-state index contributed by atoms with van der Waals surface area (Å²) in [5.41, 5.74) is 0. The molecule has 19 heavy (non-hydrogen) atoms. The first-order valence-electron chi connectivity index (χ1n) is 6.28. The minimum atomic E-state index is -3.37. The van der Waals surface area contributed by atoms with E-state index in [-0.39, 0.29) is 6.61 Å². The van der Waals surface area contributed by atoms with Crippen molar-refractivity contribution in [3.05, 3.63) is 17.0 Å². The van der Waals surface area contributed by atoms with E-state index >= 15 is 0 Å². The van der Waals surface area contributed by atoms with Crippen LogP contribution in [0.25, 0.3) is 0 Å². The highest BCUT2D eigenvalue weighted by Gasteiger charge is 2.15. The van der Waals surface area contributed by atoms with Crippen LogP contribution in [-0.2, 0) is 16.4 Å². The highest BCUT2D eigenvalue weighted by atomic mass is 32.2. The Hall–Kier alpha value is -0.0800. The summed E-state index contributed by atoms with van der Waals surface area (Å²) in [4.78, 5) is 0.892. The molecule has 0 radical (unpaired) electrons. The maximum absolute atomic E-state index is 12.0. The van der Waals surface area contributed by atoms with Crippen molar-refractivity contribution in [3.8, 4) is 0 Å². The lowest BCUT2D eigenvalue weighted by atomic mass is 10.2. The van der Waals surface area contributed by atoms with E-state index in [1.807, 2.05) is 11.8 Å². The molecule has 0 bridgehead atoms. The molecule has 7 heteroatoms. The van der Waals surface area contributed by atoms with Crippen LogP contribution in [-0.4, -0.2) is 38.7 Å². The minimum Gasteiger partial charge on any atom is -0.396 e. The van der Waals surface area contributed by atoms with Gasteiger partial charge in [-0.05, 0) is 37.0 Å². The van der Waals surface area contributed by atoms with E-state index in [4.69, 9.17) is 5.11 Å². The molecule has 0 atom stereocenters. The molecule has 0 saturated heterocycles. The molecule has 0 spiro atoms. The smallest absolute Gasteiger partial charge is 0.250 e. The zero-order valence-electron chi connectivity index (χ0n) is 11.1. The average Bonchev–Trinajstić information content (AvgIpc) is 2.83. The lowest BCUT2D eigenvalue weighted by Crippen LogP contribution is -2.23. The molecule has 0 amide bonds. The van der Waals surface area contributed by atoms with Crippen LogP contribution in [0.5, 0.6) is 0 Å². The Kier molecular flexibility index (Phi) is 8.01. The third-order valence-electron chi connectivity index (χ3n) is 2.58. The second-order valence-electron chi connectivity index (χ2n) is 4.15. The lowest BCUT2D eigenvalue weighted by Gasteiger charge is -2.04. The molecule has 1 heterocycles. The quantitative estimate of drug-likeness (QED) is 0.647. The number of nitrogens with one attached hydrogen (secondary N) is 1. The second kappa shape index (κ2) is 8.97. The molecule has 0 aromatic carbocycles. The van der Waals surface area contributed by atoms with Gasteiger partial charge < -0.3 is 5.11 Å². The van der Waals surface area contributed by atoms with Crippen LogP contribution in [0.15, 0.2) is 16.3 Å². The molecule has 0 aliphatic carbocycles. The molecular formula is C12H21NO3S3. The van der Waals surface area contributed by atoms with Gasteiger partial charge in [0.05, 0.1) is 0 Å². The Morgan fingerprint density at radius 2 is 2.11 bits per heavy atom. The fraction of sp³-hybridized carbons (Fsp3) is 0.667. The fourth-order valence-electron chi connectivity index (χ4n) is 1.57. The molecule has 1 aromatic heterocycles. The standard InChI is InChI=1S/C12H21NO3S3/c1-17-10-4-2-3-8-13-19(15,16)12-6-5-11(18-12)7-9-14/h5-6,13-14H,2-4,7-10H2,1H3. The summed E-state index contributed by atoms with van der Waals surface area (Å²) in [5, 5.41) is 8.82. The van der Waals surface area contributed by atoms with E-state index in [1.165, 1.54) is 11.3 Å². The van der Waals surface area contributed by atoms with Crippen LogP contribution in [0.3, 0.4) is 0 Å². The molecule has 0 aliphatic heterocycles. The third kappa shape index (κ3) is 6.27. The summed E-state index contributed by atoms with van der Waals surface area (Å²) in [6.45, 7) is 0.535. The summed E-state index contributed by atoms with van der Waals surface area (Å²) < 4.78 is 26.9. The maximum atomic E-state index is 12.0. The van der Waals surface area contributed by atoms with E-state index in [0.29, 0.717) is 17.2 Å². The number of hydrogen-bond acceptors (Lipinski definition) is 5. The summed E-state index contributed by atoms with van der Waals surface area (Å²) in [7, 11) is -3.37. The van der Waals surface area contributed by atoms with Gasteiger partial charge in [-0.15, -0.1) is 11.3 Å². The van der Waals surface area contributed by atoms with Gasteiger partial charge in [0.25, 0.3) is 0 Å². The van der Waals surface area contributed by atoms with E-state index in [1.54, 1.807) is 12.1 Å². The lowest BCUT2D eigenvalue weighted by molar-refractivity contribution is 0.300. The van der Waals surface area contributed by atoms with Crippen LogP contribution in [0.1, 0.15) is 24.1 Å². The predicted octanol–water partition coefficient (Wildman–Crippen LogP) is 2.09. The molecule has 4 nitrogen and oxygen atoms in total. The van der Waals surface area contributed by atoms with Gasteiger partial charge in [-0.3, -0.25) is 0 Å². The van der Waals surface area contributed by atoms with Crippen LogP contribution >= 0.6 is 23.1 Å².